The fourth-order valence-corrected chi connectivity index (χ4v) is 2.37. The molecule has 0 saturated heterocycles. The molecule has 0 aliphatic heterocycles. The summed E-state index contributed by atoms with van der Waals surface area (Å²) >= 11 is 0. The fourth-order valence-electron chi connectivity index (χ4n) is 2.37. The Morgan fingerprint density at radius 2 is 2.00 bits per heavy atom. The van der Waals surface area contributed by atoms with Gasteiger partial charge in [0, 0.05) is 0 Å². The first-order valence-electron chi connectivity index (χ1n) is 5.11. The van der Waals surface area contributed by atoms with Gasteiger partial charge in [0.25, 0.3) is 0 Å². The van der Waals surface area contributed by atoms with Gasteiger partial charge in [-0.1, -0.05) is 20.8 Å². The highest BCUT2D eigenvalue weighted by Gasteiger charge is 2.47. The molecule has 0 heterocycles. The zero-order valence-corrected chi connectivity index (χ0v) is 8.06. The molecule has 0 spiro atoms. The van der Waals surface area contributed by atoms with Crippen LogP contribution in [-0.2, 0) is 0 Å². The van der Waals surface area contributed by atoms with Crippen LogP contribution in [0.3, 0.4) is 0 Å². The maximum absolute atomic E-state index is 2.46. The molecule has 2 aliphatic carbocycles. The molecule has 0 aromatic carbocycles. The molecule has 0 amide bonds. The highest BCUT2D eigenvalue weighted by molar-refractivity contribution is 4.98. The van der Waals surface area contributed by atoms with Crippen molar-refractivity contribution in [2.45, 2.75) is 46.5 Å². The van der Waals surface area contributed by atoms with E-state index in [9.17, 15) is 0 Å². The van der Waals surface area contributed by atoms with Gasteiger partial charge < -0.3 is 0 Å². The van der Waals surface area contributed by atoms with E-state index < -0.39 is 0 Å². The monoisotopic (exact) mass is 152 g/mol. The maximum atomic E-state index is 2.46. The highest BCUT2D eigenvalue weighted by Crippen LogP contribution is 2.58. The van der Waals surface area contributed by atoms with Crippen LogP contribution in [0.4, 0.5) is 0 Å². The molecular weight excluding hydrogens is 132 g/mol. The predicted octanol–water partition coefficient (Wildman–Crippen LogP) is 3.47. The summed E-state index contributed by atoms with van der Waals surface area (Å²) < 4.78 is 0. The Morgan fingerprint density at radius 3 is 2.36 bits per heavy atom. The van der Waals surface area contributed by atoms with Gasteiger partial charge in [0.1, 0.15) is 0 Å². The van der Waals surface area contributed by atoms with Crippen LogP contribution >= 0.6 is 0 Å². The summed E-state index contributed by atoms with van der Waals surface area (Å²) in [7, 11) is 0. The molecule has 0 nitrogen and oxygen atoms in total. The summed E-state index contributed by atoms with van der Waals surface area (Å²) in [6, 6.07) is 0. The molecule has 0 aromatic rings. The average molecular weight is 152 g/mol. The lowest BCUT2D eigenvalue weighted by Gasteiger charge is -2.07. The second-order valence-electron chi connectivity index (χ2n) is 5.42. The second-order valence-corrected chi connectivity index (χ2v) is 5.42. The van der Waals surface area contributed by atoms with E-state index in [0.717, 1.165) is 23.2 Å². The lowest BCUT2D eigenvalue weighted by Crippen LogP contribution is -1.98. The summed E-state index contributed by atoms with van der Waals surface area (Å²) in [5, 5.41) is 0. The number of hydrogen-bond donors (Lipinski definition) is 0. The molecule has 11 heavy (non-hydrogen) atoms. The van der Waals surface area contributed by atoms with E-state index in [4.69, 9.17) is 0 Å². The Morgan fingerprint density at radius 1 is 1.36 bits per heavy atom. The Hall–Kier alpha value is 0. The Labute approximate surface area is 70.4 Å². The second kappa shape index (κ2) is 2.24. The molecule has 0 heteroatoms. The van der Waals surface area contributed by atoms with E-state index in [0.29, 0.717) is 0 Å². The van der Waals surface area contributed by atoms with Crippen molar-refractivity contribution in [3.63, 3.8) is 0 Å². The van der Waals surface area contributed by atoms with Gasteiger partial charge in [-0.3, -0.25) is 0 Å². The predicted molar refractivity (Wildman–Crippen MR) is 48.4 cm³/mol. The topological polar surface area (TPSA) is 0 Å². The molecule has 0 aromatic heterocycles. The van der Waals surface area contributed by atoms with E-state index in [1.54, 1.807) is 0 Å². The zero-order chi connectivity index (χ0) is 8.06. The van der Waals surface area contributed by atoms with Gasteiger partial charge in [-0.05, 0) is 48.9 Å². The molecule has 0 bridgehead atoms. The third-order valence-electron chi connectivity index (χ3n) is 3.69. The summed E-state index contributed by atoms with van der Waals surface area (Å²) in [6.45, 7) is 7.21. The van der Waals surface area contributed by atoms with E-state index in [1.165, 1.54) is 25.7 Å². The number of hydrogen-bond acceptors (Lipinski definition) is 0. The summed E-state index contributed by atoms with van der Waals surface area (Å²) in [5.41, 5.74) is 0.800. The third kappa shape index (κ3) is 1.60. The minimum Gasteiger partial charge on any atom is -0.0625 e. The van der Waals surface area contributed by atoms with Gasteiger partial charge in [0.15, 0.2) is 0 Å². The van der Waals surface area contributed by atoms with Crippen molar-refractivity contribution in [1.82, 2.24) is 0 Å². The van der Waals surface area contributed by atoms with Gasteiger partial charge in [-0.2, -0.15) is 0 Å². The van der Waals surface area contributed by atoms with Gasteiger partial charge in [0.2, 0.25) is 0 Å². The van der Waals surface area contributed by atoms with Crippen LogP contribution in [-0.4, -0.2) is 0 Å². The summed E-state index contributed by atoms with van der Waals surface area (Å²) in [6.07, 6.45) is 6.09. The van der Waals surface area contributed by atoms with Crippen molar-refractivity contribution >= 4 is 0 Å². The summed E-state index contributed by atoms with van der Waals surface area (Å²) in [5.74, 6) is 3.15. The molecule has 2 rings (SSSR count). The largest absolute Gasteiger partial charge is 0.0625 e. The van der Waals surface area contributed by atoms with Gasteiger partial charge in [0.05, 0.1) is 0 Å². The van der Waals surface area contributed by atoms with Crippen LogP contribution in [0.15, 0.2) is 0 Å². The third-order valence-corrected chi connectivity index (χ3v) is 3.69. The molecular formula is C11H20. The molecule has 0 N–H and O–H groups in total. The van der Waals surface area contributed by atoms with Crippen LogP contribution in [0.5, 0.6) is 0 Å². The van der Waals surface area contributed by atoms with E-state index in [1.807, 2.05) is 0 Å². The van der Waals surface area contributed by atoms with Crippen LogP contribution in [0, 0.1) is 23.2 Å². The molecule has 2 aliphatic rings. The van der Waals surface area contributed by atoms with E-state index in [2.05, 4.69) is 20.8 Å². The Bertz CT molecular complexity index is 153. The van der Waals surface area contributed by atoms with E-state index >= 15 is 0 Å². The quantitative estimate of drug-likeness (QED) is 0.581. The highest BCUT2D eigenvalue weighted by atomic mass is 14.5. The van der Waals surface area contributed by atoms with Crippen molar-refractivity contribution in [2.24, 2.45) is 23.2 Å². The van der Waals surface area contributed by atoms with Crippen LogP contribution in [0.1, 0.15) is 46.5 Å². The molecule has 2 saturated carbocycles. The van der Waals surface area contributed by atoms with E-state index in [-0.39, 0.29) is 0 Å². The Kier molecular flexibility index (Phi) is 1.56. The Balaban J connectivity index is 1.75. The molecule has 0 radical (unpaired) electrons. The normalized spacial score (nSPS) is 39.3. The fraction of sp³-hybridized carbons (Fsp3) is 1.00. The smallest absolute Gasteiger partial charge is 0.0323 e. The standard InChI is InChI=1S/C11H20/c1-8(2)10-6-9(10)7-11(3)4-5-11/h8-10H,4-7H2,1-3H3. The van der Waals surface area contributed by atoms with Gasteiger partial charge >= 0.3 is 0 Å². The van der Waals surface area contributed by atoms with Crippen molar-refractivity contribution in [2.75, 3.05) is 0 Å². The van der Waals surface area contributed by atoms with Gasteiger partial charge in [-0.15, -0.1) is 0 Å². The lowest BCUT2D eigenvalue weighted by atomic mass is 9.98. The minimum atomic E-state index is 0.800. The van der Waals surface area contributed by atoms with Crippen molar-refractivity contribution in [3.8, 4) is 0 Å². The van der Waals surface area contributed by atoms with Crippen LogP contribution < -0.4 is 0 Å². The van der Waals surface area contributed by atoms with Crippen LogP contribution in [0.25, 0.3) is 0 Å². The molecule has 2 unspecified atom stereocenters. The lowest BCUT2D eigenvalue weighted by molar-refractivity contribution is 0.424. The van der Waals surface area contributed by atoms with Crippen LogP contribution in [0.2, 0.25) is 0 Å². The average Bonchev–Trinajstić information content (AvgIpc) is 2.73. The number of rotatable bonds is 3. The first kappa shape index (κ1) is 7.64. The first-order chi connectivity index (χ1) is 5.11. The van der Waals surface area contributed by atoms with Crippen molar-refractivity contribution in [1.29, 1.82) is 0 Å². The molecule has 2 fully saturated rings. The minimum absolute atomic E-state index is 0.800. The zero-order valence-electron chi connectivity index (χ0n) is 8.06. The summed E-state index contributed by atoms with van der Waals surface area (Å²) in [4.78, 5) is 0. The van der Waals surface area contributed by atoms with Crippen molar-refractivity contribution < 1.29 is 0 Å². The van der Waals surface area contributed by atoms with Crippen molar-refractivity contribution in [3.05, 3.63) is 0 Å². The molecule has 64 valence electrons. The molecule has 2 atom stereocenters. The van der Waals surface area contributed by atoms with Gasteiger partial charge in [-0.25, -0.2) is 0 Å². The SMILES string of the molecule is CC(C)C1CC1CC1(C)CC1. The maximum Gasteiger partial charge on any atom is -0.0323 e. The first-order valence-corrected chi connectivity index (χ1v) is 5.11.